The third-order valence-electron chi connectivity index (χ3n) is 10.2. The van der Waals surface area contributed by atoms with Crippen LogP contribution >= 0.6 is 0 Å². The molecule has 218 valence electrons. The van der Waals surface area contributed by atoms with Gasteiger partial charge in [-0.05, 0) is 91.0 Å². The van der Waals surface area contributed by atoms with Crippen molar-refractivity contribution in [3.8, 4) is 22.3 Å². The predicted molar refractivity (Wildman–Crippen MR) is 196 cm³/mol. The van der Waals surface area contributed by atoms with Crippen LogP contribution in [0.3, 0.4) is 0 Å². The van der Waals surface area contributed by atoms with Crippen LogP contribution in [0.2, 0.25) is 12.1 Å². The highest BCUT2D eigenvalue weighted by atomic mass is 28.2. The highest BCUT2D eigenvalue weighted by molar-refractivity contribution is 6.36. The third kappa shape index (κ3) is 5.00. The second kappa shape index (κ2) is 11.8. The van der Waals surface area contributed by atoms with Crippen molar-refractivity contribution >= 4 is 43.2 Å². The molecule has 45 heavy (non-hydrogen) atoms. The van der Waals surface area contributed by atoms with Crippen LogP contribution in [0.25, 0.3) is 56.0 Å². The zero-order valence-corrected chi connectivity index (χ0v) is 27.2. The molecule has 2 atom stereocenters. The molecule has 2 unspecified atom stereocenters. The van der Waals surface area contributed by atoms with E-state index in [-0.39, 0.29) is 0 Å². The summed E-state index contributed by atoms with van der Waals surface area (Å²) in [6.07, 6.45) is 7.27. The second-order valence-electron chi connectivity index (χ2n) is 12.6. The largest absolute Gasteiger partial charge is 0.0626 e. The van der Waals surface area contributed by atoms with Crippen molar-refractivity contribution in [3.63, 3.8) is 0 Å². The molecule has 0 nitrogen and oxygen atoms in total. The summed E-state index contributed by atoms with van der Waals surface area (Å²) in [4.78, 5) is 0. The van der Waals surface area contributed by atoms with Crippen LogP contribution < -0.4 is 0 Å². The molecule has 1 heteroatoms. The molecular formula is C44H38Si. The zero-order valence-electron chi connectivity index (χ0n) is 26.2. The van der Waals surface area contributed by atoms with E-state index in [1.54, 1.807) is 11.1 Å². The van der Waals surface area contributed by atoms with Gasteiger partial charge >= 0.3 is 0 Å². The van der Waals surface area contributed by atoms with Crippen molar-refractivity contribution < 1.29 is 0 Å². The summed E-state index contributed by atoms with van der Waals surface area (Å²) in [6.45, 7) is 4.67. The van der Waals surface area contributed by atoms with Gasteiger partial charge in [-0.1, -0.05) is 158 Å². The van der Waals surface area contributed by atoms with Crippen molar-refractivity contribution in [2.75, 3.05) is 0 Å². The molecule has 6 aromatic rings. The third-order valence-corrected chi connectivity index (χ3v) is 11.6. The van der Waals surface area contributed by atoms with E-state index in [4.69, 9.17) is 0 Å². The Morgan fingerprint density at radius 1 is 0.467 bits per heavy atom. The Balaban J connectivity index is 1.05. The summed E-state index contributed by atoms with van der Waals surface area (Å²) in [6, 6.07) is 47.7. The second-order valence-corrected chi connectivity index (χ2v) is 14.0. The number of hydrogen-bond acceptors (Lipinski definition) is 0. The van der Waals surface area contributed by atoms with E-state index < -0.39 is 0 Å². The number of fused-ring (bicyclic) bond motifs is 4. The van der Waals surface area contributed by atoms with E-state index in [9.17, 15) is 0 Å². The lowest BCUT2D eigenvalue weighted by molar-refractivity contribution is 0.830. The molecule has 2 aliphatic carbocycles. The molecule has 0 aliphatic heterocycles. The van der Waals surface area contributed by atoms with Gasteiger partial charge in [0.25, 0.3) is 0 Å². The number of rotatable bonds is 8. The molecule has 2 aliphatic rings. The quantitative estimate of drug-likeness (QED) is 0.154. The maximum absolute atomic E-state index is 2.52. The van der Waals surface area contributed by atoms with Crippen molar-refractivity contribution in [3.05, 3.63) is 155 Å². The zero-order chi connectivity index (χ0) is 30.3. The Kier molecular flexibility index (Phi) is 7.35. The molecule has 6 aromatic carbocycles. The van der Waals surface area contributed by atoms with Gasteiger partial charge < -0.3 is 0 Å². The normalized spacial score (nSPS) is 16.9. The monoisotopic (exact) mass is 594 g/mol. The Morgan fingerprint density at radius 3 is 1.36 bits per heavy atom. The molecule has 0 N–H and O–H groups in total. The molecule has 8 rings (SSSR count). The van der Waals surface area contributed by atoms with Gasteiger partial charge in [0.2, 0.25) is 0 Å². The molecule has 2 radical (unpaired) electrons. The lowest BCUT2D eigenvalue weighted by Gasteiger charge is -2.20. The van der Waals surface area contributed by atoms with Crippen molar-refractivity contribution in [1.82, 2.24) is 0 Å². The van der Waals surface area contributed by atoms with Gasteiger partial charge in [-0.2, -0.15) is 0 Å². The highest BCUT2D eigenvalue weighted by Gasteiger charge is 2.29. The van der Waals surface area contributed by atoms with E-state index in [0.29, 0.717) is 11.8 Å². The Bertz CT molecular complexity index is 1970. The summed E-state index contributed by atoms with van der Waals surface area (Å²) in [5.74, 6) is 1.06. The lowest BCUT2D eigenvalue weighted by Crippen LogP contribution is -2.08. The fraction of sp³-hybridized carbons (Fsp3) is 0.182. The van der Waals surface area contributed by atoms with E-state index in [2.05, 4.69) is 147 Å². The van der Waals surface area contributed by atoms with E-state index in [0.717, 1.165) is 22.4 Å². The SMILES string of the molecule is CCC1=Cc2c(-c3ccc4ccccc4c3)cccc2C1C[Si]CC1C(CC)=Cc2c(-c3ccc4ccccc4c3)cccc21. The Morgan fingerprint density at radius 2 is 0.911 bits per heavy atom. The summed E-state index contributed by atoms with van der Waals surface area (Å²) in [5.41, 5.74) is 14.5. The van der Waals surface area contributed by atoms with Crippen molar-refractivity contribution in [2.24, 2.45) is 0 Å². The molecule has 0 fully saturated rings. The fourth-order valence-corrected chi connectivity index (χ4v) is 9.54. The van der Waals surface area contributed by atoms with Gasteiger partial charge in [0.1, 0.15) is 0 Å². The van der Waals surface area contributed by atoms with Gasteiger partial charge in [-0.25, -0.2) is 0 Å². The van der Waals surface area contributed by atoms with E-state index in [1.807, 2.05) is 0 Å². The minimum Gasteiger partial charge on any atom is -0.0626 e. The van der Waals surface area contributed by atoms with Crippen LogP contribution in [0.1, 0.15) is 60.8 Å². The molecule has 0 saturated heterocycles. The van der Waals surface area contributed by atoms with Gasteiger partial charge in [-0.15, -0.1) is 0 Å². The molecule has 0 heterocycles. The first-order valence-corrected chi connectivity index (χ1v) is 18.0. The maximum Gasteiger partial charge on any atom is 0.0397 e. The molecule has 0 amide bonds. The summed E-state index contributed by atoms with van der Waals surface area (Å²) in [5, 5.41) is 5.22. The van der Waals surface area contributed by atoms with Crippen LogP contribution in [0, 0.1) is 0 Å². The minimum absolute atomic E-state index is 0.530. The smallest absolute Gasteiger partial charge is 0.0397 e. The van der Waals surface area contributed by atoms with Crippen LogP contribution in [0.5, 0.6) is 0 Å². The summed E-state index contributed by atoms with van der Waals surface area (Å²) < 4.78 is 0. The van der Waals surface area contributed by atoms with Crippen LogP contribution in [0.15, 0.2) is 132 Å². The van der Waals surface area contributed by atoms with Crippen molar-refractivity contribution in [1.29, 1.82) is 0 Å². The first kappa shape index (κ1) is 28.0. The highest BCUT2D eigenvalue weighted by Crippen LogP contribution is 2.47. The van der Waals surface area contributed by atoms with Gasteiger partial charge in [-0.3, -0.25) is 0 Å². The van der Waals surface area contributed by atoms with Crippen molar-refractivity contribution in [2.45, 2.75) is 50.6 Å². The number of hydrogen-bond donors (Lipinski definition) is 0. The Hall–Kier alpha value is -4.46. The predicted octanol–water partition coefficient (Wildman–Crippen LogP) is 12.3. The molecule has 0 saturated carbocycles. The first-order valence-electron chi connectivity index (χ1n) is 16.6. The van der Waals surface area contributed by atoms with Gasteiger partial charge in [0.15, 0.2) is 0 Å². The summed E-state index contributed by atoms with van der Waals surface area (Å²) in [7, 11) is 0.921. The number of benzene rings is 6. The van der Waals surface area contributed by atoms with Gasteiger partial charge in [0, 0.05) is 21.4 Å². The molecule has 0 spiro atoms. The van der Waals surface area contributed by atoms with Crippen LogP contribution in [0.4, 0.5) is 0 Å². The van der Waals surface area contributed by atoms with E-state index >= 15 is 0 Å². The average Bonchev–Trinajstić information content (AvgIpc) is 3.65. The summed E-state index contributed by atoms with van der Waals surface area (Å²) >= 11 is 0. The molecular weight excluding hydrogens is 557 g/mol. The Labute approximate surface area is 270 Å². The van der Waals surface area contributed by atoms with E-state index in [1.165, 1.54) is 78.1 Å². The van der Waals surface area contributed by atoms with Crippen LogP contribution in [-0.2, 0) is 0 Å². The number of allylic oxidation sites excluding steroid dienone is 2. The maximum atomic E-state index is 2.52. The van der Waals surface area contributed by atoms with Crippen LogP contribution in [-0.4, -0.2) is 9.52 Å². The fourth-order valence-electron chi connectivity index (χ4n) is 7.84. The lowest BCUT2D eigenvalue weighted by atomic mass is 9.92. The van der Waals surface area contributed by atoms with Gasteiger partial charge in [0.05, 0.1) is 0 Å². The topological polar surface area (TPSA) is 0 Å². The molecule has 0 bridgehead atoms. The average molecular weight is 595 g/mol. The first-order chi connectivity index (χ1) is 22.2. The molecule has 0 aromatic heterocycles. The standard InChI is InChI=1S/C44H38Si/c1-3-29-25-41-37(35-21-19-31-11-5-7-13-33(31)23-35)15-9-17-39(41)43(29)27-45-28-44-30(4-2)26-42-38(16-10-18-40(42)44)36-22-20-32-12-6-8-14-34(32)24-36/h5-26,43-44H,3-4,27-28H2,1-2H3. The minimum atomic E-state index is 0.530.